The Labute approximate surface area is 85.1 Å². The summed E-state index contributed by atoms with van der Waals surface area (Å²) >= 11 is 0. The number of aryl methyl sites for hydroxylation is 1. The number of nitrogens with two attached hydrogens (primary N) is 1. The van der Waals surface area contributed by atoms with Crippen LogP contribution in [-0.2, 0) is 6.42 Å². The molecule has 2 rings (SSSR count). The molecule has 2 N–H and O–H groups in total. The van der Waals surface area contributed by atoms with Crippen molar-refractivity contribution in [3.8, 4) is 5.75 Å². The van der Waals surface area contributed by atoms with Crippen molar-refractivity contribution >= 4 is 0 Å². The highest BCUT2D eigenvalue weighted by Crippen LogP contribution is 2.36. The Morgan fingerprint density at radius 2 is 2.29 bits per heavy atom. The lowest BCUT2D eigenvalue weighted by Crippen LogP contribution is -2.08. The maximum Gasteiger partial charge on any atom is 0.122 e. The minimum Gasteiger partial charge on any atom is -0.494 e. The van der Waals surface area contributed by atoms with Gasteiger partial charge >= 0.3 is 0 Å². The molecule has 0 saturated heterocycles. The molecular weight excluding hydrogens is 174 g/mol. The van der Waals surface area contributed by atoms with E-state index in [1.807, 2.05) is 6.92 Å². The van der Waals surface area contributed by atoms with E-state index in [1.54, 1.807) is 0 Å². The molecule has 1 aromatic carbocycles. The van der Waals surface area contributed by atoms with E-state index < -0.39 is 0 Å². The minimum atomic E-state index is 0.213. The van der Waals surface area contributed by atoms with E-state index in [9.17, 15) is 0 Å². The fourth-order valence-corrected chi connectivity index (χ4v) is 2.27. The van der Waals surface area contributed by atoms with Crippen LogP contribution in [0.4, 0.5) is 0 Å². The molecule has 14 heavy (non-hydrogen) atoms. The third kappa shape index (κ3) is 1.40. The fourth-order valence-electron chi connectivity index (χ4n) is 2.27. The Kier molecular flexibility index (Phi) is 2.46. The Bertz CT molecular complexity index is 346. The van der Waals surface area contributed by atoms with E-state index in [-0.39, 0.29) is 6.04 Å². The van der Waals surface area contributed by atoms with Crippen LogP contribution in [0.5, 0.6) is 5.75 Å². The Hall–Kier alpha value is -1.02. The summed E-state index contributed by atoms with van der Waals surface area (Å²) in [6.45, 7) is 4.83. The summed E-state index contributed by atoms with van der Waals surface area (Å²) in [5, 5.41) is 0. The molecule has 0 aliphatic heterocycles. The number of ether oxygens (including phenoxy) is 1. The lowest BCUT2D eigenvalue weighted by atomic mass is 10.0. The molecule has 0 amide bonds. The number of benzene rings is 1. The maximum absolute atomic E-state index is 6.06. The van der Waals surface area contributed by atoms with Crippen molar-refractivity contribution in [3.63, 3.8) is 0 Å². The van der Waals surface area contributed by atoms with Crippen LogP contribution in [0.15, 0.2) is 12.1 Å². The largest absolute Gasteiger partial charge is 0.494 e. The summed E-state index contributed by atoms with van der Waals surface area (Å²) < 4.78 is 5.55. The van der Waals surface area contributed by atoms with Crippen molar-refractivity contribution in [1.29, 1.82) is 0 Å². The second kappa shape index (κ2) is 3.62. The third-order valence-electron chi connectivity index (χ3n) is 2.95. The Morgan fingerprint density at radius 1 is 1.50 bits per heavy atom. The van der Waals surface area contributed by atoms with Gasteiger partial charge < -0.3 is 10.5 Å². The molecule has 1 aliphatic rings. The normalized spacial score (nSPS) is 19.5. The first kappa shape index (κ1) is 9.53. The van der Waals surface area contributed by atoms with Gasteiger partial charge in [-0.15, -0.1) is 0 Å². The van der Waals surface area contributed by atoms with Crippen LogP contribution in [0.25, 0.3) is 0 Å². The molecule has 1 atom stereocenters. The highest BCUT2D eigenvalue weighted by atomic mass is 16.5. The molecule has 0 bridgehead atoms. The van der Waals surface area contributed by atoms with E-state index in [4.69, 9.17) is 10.5 Å². The number of fused-ring (bicyclic) bond motifs is 1. The monoisotopic (exact) mass is 191 g/mol. The predicted molar refractivity (Wildman–Crippen MR) is 57.6 cm³/mol. The lowest BCUT2D eigenvalue weighted by molar-refractivity contribution is 0.337. The van der Waals surface area contributed by atoms with Crippen molar-refractivity contribution in [1.82, 2.24) is 0 Å². The second-order valence-electron chi connectivity index (χ2n) is 3.84. The molecule has 2 heteroatoms. The van der Waals surface area contributed by atoms with Gasteiger partial charge in [-0.1, -0.05) is 6.07 Å². The summed E-state index contributed by atoms with van der Waals surface area (Å²) in [7, 11) is 0. The zero-order valence-electron chi connectivity index (χ0n) is 8.84. The van der Waals surface area contributed by atoms with Crippen molar-refractivity contribution < 1.29 is 4.74 Å². The van der Waals surface area contributed by atoms with E-state index in [2.05, 4.69) is 19.1 Å². The minimum absolute atomic E-state index is 0.213. The van der Waals surface area contributed by atoms with Crippen LogP contribution in [0.1, 0.15) is 36.1 Å². The molecule has 0 fully saturated rings. The van der Waals surface area contributed by atoms with E-state index in [1.165, 1.54) is 16.7 Å². The van der Waals surface area contributed by atoms with Gasteiger partial charge in [0.05, 0.1) is 6.61 Å². The lowest BCUT2D eigenvalue weighted by Gasteiger charge is -2.13. The summed E-state index contributed by atoms with van der Waals surface area (Å²) in [6, 6.07) is 4.43. The topological polar surface area (TPSA) is 35.2 Å². The van der Waals surface area contributed by atoms with Gasteiger partial charge in [0.25, 0.3) is 0 Å². The summed E-state index contributed by atoms with van der Waals surface area (Å²) in [5.41, 5.74) is 10.0. The number of hydrogen-bond donors (Lipinski definition) is 1. The van der Waals surface area contributed by atoms with Crippen LogP contribution >= 0.6 is 0 Å². The molecule has 0 heterocycles. The third-order valence-corrected chi connectivity index (χ3v) is 2.95. The highest BCUT2D eigenvalue weighted by molar-refractivity contribution is 5.48. The average Bonchev–Trinajstić information content (AvgIpc) is 2.54. The summed E-state index contributed by atoms with van der Waals surface area (Å²) in [4.78, 5) is 0. The van der Waals surface area contributed by atoms with Gasteiger partial charge in [0.15, 0.2) is 0 Å². The maximum atomic E-state index is 6.06. The quantitative estimate of drug-likeness (QED) is 0.778. The van der Waals surface area contributed by atoms with E-state index >= 15 is 0 Å². The molecule has 1 unspecified atom stereocenters. The van der Waals surface area contributed by atoms with Crippen LogP contribution < -0.4 is 10.5 Å². The molecule has 2 nitrogen and oxygen atoms in total. The van der Waals surface area contributed by atoms with Crippen molar-refractivity contribution in [2.24, 2.45) is 5.73 Å². The Morgan fingerprint density at radius 3 is 3.00 bits per heavy atom. The van der Waals surface area contributed by atoms with Gasteiger partial charge in [-0.05, 0) is 49.4 Å². The van der Waals surface area contributed by atoms with Gasteiger partial charge in [-0.25, -0.2) is 0 Å². The molecular formula is C12H17NO. The first-order chi connectivity index (χ1) is 6.74. The summed E-state index contributed by atoms with van der Waals surface area (Å²) in [5.74, 6) is 0.989. The number of rotatable bonds is 2. The van der Waals surface area contributed by atoms with Crippen molar-refractivity contribution in [2.45, 2.75) is 32.7 Å². The van der Waals surface area contributed by atoms with Gasteiger partial charge in [-0.3, -0.25) is 0 Å². The Balaban J connectivity index is 2.45. The van der Waals surface area contributed by atoms with E-state index in [0.717, 1.165) is 25.2 Å². The van der Waals surface area contributed by atoms with Gasteiger partial charge in [0, 0.05) is 6.04 Å². The zero-order chi connectivity index (χ0) is 10.1. The molecule has 1 aromatic rings. The average molecular weight is 191 g/mol. The molecule has 0 radical (unpaired) electrons. The molecule has 76 valence electrons. The molecule has 0 saturated carbocycles. The zero-order valence-corrected chi connectivity index (χ0v) is 8.84. The standard InChI is InChI=1S/C12H17NO/c1-3-14-11-7-5-9-4-6-10(13)12(9)8(11)2/h5,7,10H,3-4,6,13H2,1-2H3. The van der Waals surface area contributed by atoms with Gasteiger partial charge in [0.2, 0.25) is 0 Å². The molecule has 0 spiro atoms. The van der Waals surface area contributed by atoms with Crippen LogP contribution in [0, 0.1) is 6.92 Å². The highest BCUT2D eigenvalue weighted by Gasteiger charge is 2.22. The molecule has 0 aromatic heterocycles. The SMILES string of the molecule is CCOc1ccc2c(c1C)C(N)CC2. The second-order valence-corrected chi connectivity index (χ2v) is 3.84. The molecule has 1 aliphatic carbocycles. The first-order valence-electron chi connectivity index (χ1n) is 5.24. The van der Waals surface area contributed by atoms with Crippen molar-refractivity contribution in [3.05, 3.63) is 28.8 Å². The first-order valence-corrected chi connectivity index (χ1v) is 5.24. The van der Waals surface area contributed by atoms with Crippen LogP contribution in [0.3, 0.4) is 0 Å². The van der Waals surface area contributed by atoms with Crippen LogP contribution in [0.2, 0.25) is 0 Å². The van der Waals surface area contributed by atoms with E-state index in [0.29, 0.717) is 0 Å². The fraction of sp³-hybridized carbons (Fsp3) is 0.500. The van der Waals surface area contributed by atoms with Gasteiger partial charge in [-0.2, -0.15) is 0 Å². The smallest absolute Gasteiger partial charge is 0.122 e. The van der Waals surface area contributed by atoms with Crippen molar-refractivity contribution in [2.75, 3.05) is 6.61 Å². The van der Waals surface area contributed by atoms with Crippen LogP contribution in [-0.4, -0.2) is 6.61 Å². The van der Waals surface area contributed by atoms with Gasteiger partial charge in [0.1, 0.15) is 5.75 Å². The summed E-state index contributed by atoms with van der Waals surface area (Å²) in [6.07, 6.45) is 2.19. The predicted octanol–water partition coefficient (Wildman–Crippen LogP) is 2.34. The number of hydrogen-bond acceptors (Lipinski definition) is 2.